The number of ether oxygens (including phenoxy) is 2. The molecular weight excluding hydrogens is 374 g/mol. The minimum absolute atomic E-state index is 0.219. The molecule has 0 amide bonds. The first kappa shape index (κ1) is 18.5. The molecular formula is C21H27N3O3S. The summed E-state index contributed by atoms with van der Waals surface area (Å²) in [6.45, 7) is 3.84. The number of carbonyl (C=O) groups is 1. The van der Waals surface area contributed by atoms with Crippen LogP contribution in [0.1, 0.15) is 54.9 Å². The number of aromatic nitrogens is 2. The van der Waals surface area contributed by atoms with Crippen molar-refractivity contribution in [1.29, 1.82) is 0 Å². The van der Waals surface area contributed by atoms with Crippen molar-refractivity contribution in [2.75, 3.05) is 26.3 Å². The molecule has 1 saturated carbocycles. The molecule has 0 unspecified atom stereocenters. The standard InChI is InChI=1S/C21H27N3O3S/c25-10-7-14-1-6-17-18(14)19-20(22-13-23-21(19)28-17)27-16-4-2-15(3-5-16)24-8-11-26-12-9-24/h10,13-16H,1-9,11-12H2/t14-,15?,16?/m1/s1. The third-order valence-electron chi connectivity index (χ3n) is 6.56. The van der Waals surface area contributed by atoms with Crippen molar-refractivity contribution in [2.45, 2.75) is 63.0 Å². The molecule has 0 bridgehead atoms. The third kappa shape index (κ3) is 3.44. The predicted octanol–water partition coefficient (Wildman–Crippen LogP) is 3.33. The highest BCUT2D eigenvalue weighted by atomic mass is 32.1. The Bertz CT molecular complexity index is 841. The average molecular weight is 402 g/mol. The monoisotopic (exact) mass is 401 g/mol. The fourth-order valence-corrected chi connectivity index (χ4v) is 6.34. The maximum atomic E-state index is 11.1. The summed E-state index contributed by atoms with van der Waals surface area (Å²) in [7, 11) is 0. The van der Waals surface area contributed by atoms with E-state index in [2.05, 4.69) is 14.9 Å². The number of thiophene rings is 1. The molecule has 7 heteroatoms. The Kier molecular flexibility index (Phi) is 5.30. The van der Waals surface area contributed by atoms with Crippen LogP contribution in [0.25, 0.3) is 10.2 Å². The van der Waals surface area contributed by atoms with Gasteiger partial charge in [0.1, 0.15) is 23.5 Å². The molecule has 2 fully saturated rings. The molecule has 2 aromatic heterocycles. The van der Waals surface area contributed by atoms with Gasteiger partial charge in [-0.25, -0.2) is 9.97 Å². The van der Waals surface area contributed by atoms with Crippen molar-refractivity contribution in [1.82, 2.24) is 14.9 Å². The molecule has 6 nitrogen and oxygen atoms in total. The van der Waals surface area contributed by atoms with Gasteiger partial charge in [0.25, 0.3) is 0 Å². The molecule has 1 saturated heterocycles. The van der Waals surface area contributed by atoms with Crippen LogP contribution in [0, 0.1) is 0 Å². The van der Waals surface area contributed by atoms with E-state index in [-0.39, 0.29) is 6.10 Å². The maximum absolute atomic E-state index is 11.1. The van der Waals surface area contributed by atoms with Crippen molar-refractivity contribution < 1.29 is 14.3 Å². The van der Waals surface area contributed by atoms with Crippen LogP contribution in [-0.2, 0) is 16.0 Å². The van der Waals surface area contributed by atoms with Gasteiger partial charge in [0.05, 0.1) is 18.6 Å². The third-order valence-corrected chi connectivity index (χ3v) is 7.73. The summed E-state index contributed by atoms with van der Waals surface area (Å²) in [6.07, 6.45) is 10.0. The van der Waals surface area contributed by atoms with Gasteiger partial charge in [0.2, 0.25) is 5.88 Å². The molecule has 150 valence electrons. The Morgan fingerprint density at radius 3 is 2.79 bits per heavy atom. The lowest BCUT2D eigenvalue weighted by molar-refractivity contribution is -0.108. The summed E-state index contributed by atoms with van der Waals surface area (Å²) in [6, 6.07) is 0.663. The molecule has 2 aromatic rings. The lowest BCUT2D eigenvalue weighted by Crippen LogP contribution is -2.46. The lowest BCUT2D eigenvalue weighted by Gasteiger charge is -2.38. The van der Waals surface area contributed by atoms with Gasteiger partial charge in [-0.3, -0.25) is 4.90 Å². The highest BCUT2D eigenvalue weighted by molar-refractivity contribution is 7.19. The van der Waals surface area contributed by atoms with Gasteiger partial charge < -0.3 is 14.3 Å². The van der Waals surface area contributed by atoms with Gasteiger partial charge in [0, 0.05) is 30.4 Å². The molecule has 0 N–H and O–H groups in total. The van der Waals surface area contributed by atoms with E-state index in [1.165, 1.54) is 23.3 Å². The molecule has 3 aliphatic rings. The van der Waals surface area contributed by atoms with Gasteiger partial charge in [-0.05, 0) is 50.0 Å². The maximum Gasteiger partial charge on any atom is 0.225 e. The molecule has 0 spiro atoms. The van der Waals surface area contributed by atoms with Crippen molar-refractivity contribution in [3.8, 4) is 5.88 Å². The number of carbonyl (C=O) groups excluding carboxylic acids is 1. The number of hydrogen-bond donors (Lipinski definition) is 0. The fourth-order valence-electron chi connectivity index (χ4n) is 5.11. The molecule has 3 heterocycles. The first-order valence-electron chi connectivity index (χ1n) is 10.5. The highest BCUT2D eigenvalue weighted by Crippen LogP contribution is 2.47. The van der Waals surface area contributed by atoms with Gasteiger partial charge >= 0.3 is 0 Å². The second kappa shape index (κ2) is 8.05. The van der Waals surface area contributed by atoms with Crippen LogP contribution in [0.4, 0.5) is 0 Å². The zero-order chi connectivity index (χ0) is 18.9. The summed E-state index contributed by atoms with van der Waals surface area (Å²) in [4.78, 5) is 25.1. The predicted molar refractivity (Wildman–Crippen MR) is 108 cm³/mol. The van der Waals surface area contributed by atoms with E-state index >= 15 is 0 Å². The molecule has 0 radical (unpaired) electrons. The molecule has 5 rings (SSSR count). The van der Waals surface area contributed by atoms with Gasteiger partial charge in [-0.2, -0.15) is 0 Å². The van der Waals surface area contributed by atoms with Crippen molar-refractivity contribution in [3.63, 3.8) is 0 Å². The number of nitrogens with zero attached hydrogens (tertiary/aromatic N) is 3. The van der Waals surface area contributed by atoms with Crippen LogP contribution in [-0.4, -0.2) is 59.6 Å². The van der Waals surface area contributed by atoms with E-state index in [1.807, 2.05) is 0 Å². The van der Waals surface area contributed by atoms with Crippen molar-refractivity contribution in [3.05, 3.63) is 16.8 Å². The average Bonchev–Trinajstić information content (AvgIpc) is 3.30. The van der Waals surface area contributed by atoms with E-state index < -0.39 is 0 Å². The fraction of sp³-hybridized carbons (Fsp3) is 0.667. The van der Waals surface area contributed by atoms with E-state index in [0.29, 0.717) is 18.4 Å². The van der Waals surface area contributed by atoms with E-state index in [4.69, 9.17) is 9.47 Å². The Morgan fingerprint density at radius 2 is 2.00 bits per heavy atom. The number of hydrogen-bond acceptors (Lipinski definition) is 7. The molecule has 1 atom stereocenters. The van der Waals surface area contributed by atoms with E-state index in [9.17, 15) is 4.79 Å². The second-order valence-corrected chi connectivity index (χ2v) is 9.22. The topological polar surface area (TPSA) is 64.5 Å². The summed E-state index contributed by atoms with van der Waals surface area (Å²) >= 11 is 1.75. The normalized spacial score (nSPS) is 28.4. The summed E-state index contributed by atoms with van der Waals surface area (Å²) in [5.74, 6) is 1.03. The van der Waals surface area contributed by atoms with Crippen LogP contribution in [0.3, 0.4) is 0 Å². The minimum atomic E-state index is 0.219. The molecule has 1 aliphatic heterocycles. The van der Waals surface area contributed by atoms with Crippen LogP contribution in [0.15, 0.2) is 6.33 Å². The van der Waals surface area contributed by atoms with E-state index in [0.717, 1.165) is 74.4 Å². The number of aldehydes is 1. The zero-order valence-corrected chi connectivity index (χ0v) is 17.0. The van der Waals surface area contributed by atoms with Gasteiger partial charge in [-0.1, -0.05) is 0 Å². The number of rotatable bonds is 5. The SMILES string of the molecule is O=CC[C@H]1CCc2sc3ncnc(OC4CCC(N5CCOCC5)CC4)c3c21. The molecule has 0 aromatic carbocycles. The molecule has 2 aliphatic carbocycles. The Balaban J connectivity index is 1.31. The first-order chi connectivity index (χ1) is 13.8. The molecule has 28 heavy (non-hydrogen) atoms. The smallest absolute Gasteiger partial charge is 0.225 e. The largest absolute Gasteiger partial charge is 0.474 e. The van der Waals surface area contributed by atoms with Crippen LogP contribution in [0.2, 0.25) is 0 Å². The number of fused-ring (bicyclic) bond motifs is 3. The lowest BCUT2D eigenvalue weighted by atomic mass is 9.91. The van der Waals surface area contributed by atoms with Crippen LogP contribution in [0.5, 0.6) is 5.88 Å². The van der Waals surface area contributed by atoms with Crippen molar-refractivity contribution in [2.24, 2.45) is 0 Å². The van der Waals surface area contributed by atoms with Gasteiger partial charge in [-0.15, -0.1) is 11.3 Å². The summed E-state index contributed by atoms with van der Waals surface area (Å²) < 4.78 is 11.9. The van der Waals surface area contributed by atoms with Crippen molar-refractivity contribution >= 4 is 27.8 Å². The second-order valence-electron chi connectivity index (χ2n) is 8.13. The van der Waals surface area contributed by atoms with E-state index in [1.54, 1.807) is 17.7 Å². The zero-order valence-electron chi connectivity index (χ0n) is 16.1. The van der Waals surface area contributed by atoms with Crippen LogP contribution >= 0.6 is 11.3 Å². The number of morpholine rings is 1. The minimum Gasteiger partial charge on any atom is -0.474 e. The highest BCUT2D eigenvalue weighted by Gasteiger charge is 2.32. The Labute approximate surface area is 169 Å². The quantitative estimate of drug-likeness (QED) is 0.716. The Morgan fingerprint density at radius 1 is 1.18 bits per heavy atom. The number of aryl methyl sites for hydroxylation is 1. The first-order valence-corrected chi connectivity index (χ1v) is 11.3. The van der Waals surface area contributed by atoms with Crippen LogP contribution < -0.4 is 4.74 Å². The summed E-state index contributed by atoms with van der Waals surface area (Å²) in [5, 5.41) is 1.07. The van der Waals surface area contributed by atoms with Gasteiger partial charge in [0.15, 0.2) is 0 Å². The Hall–Kier alpha value is -1.57. The summed E-state index contributed by atoms with van der Waals surface area (Å²) in [5.41, 5.74) is 1.28.